The van der Waals surface area contributed by atoms with Gasteiger partial charge >= 0.3 is 12.1 Å². The van der Waals surface area contributed by atoms with Gasteiger partial charge in [0, 0.05) is 29.4 Å². The number of aromatic nitrogens is 2. The molecule has 1 heterocycles. The first kappa shape index (κ1) is 19.6. The van der Waals surface area contributed by atoms with Crippen molar-refractivity contribution in [1.82, 2.24) is 9.78 Å². The van der Waals surface area contributed by atoms with E-state index in [0.717, 1.165) is 22.0 Å². The predicted octanol–water partition coefficient (Wildman–Crippen LogP) is 3.86. The summed E-state index contributed by atoms with van der Waals surface area (Å²) in [5, 5.41) is 13.1. The van der Waals surface area contributed by atoms with Crippen LogP contribution in [0.15, 0.2) is 29.3 Å². The standard InChI is InChI=1S/C15H15ClF3N3O2S/c1-22-14(25-7-8-2-4-9(16)5-3-8)12(10(20)6-11(23)24)13(21-22)15(17,18)19/h2-5,10H,6-7,20H2,1H3,(H,23,24). The highest BCUT2D eigenvalue weighted by molar-refractivity contribution is 7.98. The molecule has 0 fully saturated rings. The van der Waals surface area contributed by atoms with Crippen LogP contribution in [0.2, 0.25) is 5.02 Å². The fourth-order valence-corrected chi connectivity index (χ4v) is 3.52. The lowest BCUT2D eigenvalue weighted by molar-refractivity contribution is -0.143. The number of nitrogens with zero attached hydrogens (tertiary/aromatic N) is 2. The van der Waals surface area contributed by atoms with Crippen LogP contribution in [0.1, 0.15) is 29.3 Å². The molecular weight excluding hydrogens is 379 g/mol. The second-order valence-electron chi connectivity index (χ2n) is 5.31. The van der Waals surface area contributed by atoms with Crippen molar-refractivity contribution in [2.75, 3.05) is 0 Å². The van der Waals surface area contributed by atoms with Crippen LogP contribution in [0.5, 0.6) is 0 Å². The van der Waals surface area contributed by atoms with Crippen molar-refractivity contribution < 1.29 is 23.1 Å². The first-order chi connectivity index (χ1) is 11.6. The van der Waals surface area contributed by atoms with Gasteiger partial charge in [0.25, 0.3) is 0 Å². The number of carbonyl (C=O) groups is 1. The molecule has 1 unspecified atom stereocenters. The first-order valence-electron chi connectivity index (χ1n) is 7.08. The molecule has 2 aromatic rings. The SMILES string of the molecule is Cn1nc(C(F)(F)F)c(C(N)CC(=O)O)c1SCc1ccc(Cl)cc1. The maximum absolute atomic E-state index is 13.2. The number of rotatable bonds is 6. The molecule has 3 N–H and O–H groups in total. The van der Waals surface area contributed by atoms with Gasteiger partial charge < -0.3 is 10.8 Å². The lowest BCUT2D eigenvalue weighted by Crippen LogP contribution is -2.20. The lowest BCUT2D eigenvalue weighted by atomic mass is 10.1. The Labute approximate surface area is 151 Å². The zero-order valence-corrected chi connectivity index (χ0v) is 14.6. The van der Waals surface area contributed by atoms with Crippen LogP contribution in [-0.4, -0.2) is 20.9 Å². The van der Waals surface area contributed by atoms with Crippen LogP contribution in [0.4, 0.5) is 13.2 Å². The molecule has 0 saturated heterocycles. The summed E-state index contributed by atoms with van der Waals surface area (Å²) in [7, 11) is 1.37. The third kappa shape index (κ3) is 4.90. The minimum absolute atomic E-state index is 0.191. The molecule has 136 valence electrons. The summed E-state index contributed by atoms with van der Waals surface area (Å²) < 4.78 is 40.8. The highest BCUT2D eigenvalue weighted by Crippen LogP contribution is 2.40. The molecule has 0 aliphatic heterocycles. The molecular formula is C15H15ClF3N3O2S. The lowest BCUT2D eigenvalue weighted by Gasteiger charge is -2.14. The van der Waals surface area contributed by atoms with Crippen LogP contribution in [-0.2, 0) is 23.8 Å². The average Bonchev–Trinajstić information content (AvgIpc) is 2.83. The summed E-state index contributed by atoms with van der Waals surface area (Å²) in [5.74, 6) is -0.918. The molecule has 5 nitrogen and oxygen atoms in total. The van der Waals surface area contributed by atoms with E-state index in [2.05, 4.69) is 5.10 Å². The van der Waals surface area contributed by atoms with E-state index in [0.29, 0.717) is 10.8 Å². The fraction of sp³-hybridized carbons (Fsp3) is 0.333. The summed E-state index contributed by atoms with van der Waals surface area (Å²) in [6.45, 7) is 0. The molecule has 0 saturated carbocycles. The van der Waals surface area contributed by atoms with Gasteiger partial charge in [-0.3, -0.25) is 9.48 Å². The van der Waals surface area contributed by atoms with Crippen LogP contribution < -0.4 is 5.73 Å². The molecule has 1 aromatic heterocycles. The summed E-state index contributed by atoms with van der Waals surface area (Å²) >= 11 is 6.91. The van der Waals surface area contributed by atoms with Crippen LogP contribution >= 0.6 is 23.4 Å². The monoisotopic (exact) mass is 393 g/mol. The van der Waals surface area contributed by atoms with Crippen molar-refractivity contribution in [1.29, 1.82) is 0 Å². The Morgan fingerprint density at radius 3 is 2.52 bits per heavy atom. The number of carboxylic acid groups (broad SMARTS) is 1. The Morgan fingerprint density at radius 1 is 1.40 bits per heavy atom. The van der Waals surface area contributed by atoms with Gasteiger partial charge in [-0.25, -0.2) is 0 Å². The number of carboxylic acids is 1. The van der Waals surface area contributed by atoms with Crippen LogP contribution in [0.25, 0.3) is 0 Å². The normalized spacial score (nSPS) is 13.0. The number of hydrogen-bond donors (Lipinski definition) is 2. The van der Waals surface area contributed by atoms with Crippen molar-refractivity contribution in [3.05, 3.63) is 46.1 Å². The van der Waals surface area contributed by atoms with E-state index < -0.39 is 30.3 Å². The highest BCUT2D eigenvalue weighted by Gasteiger charge is 2.40. The van der Waals surface area contributed by atoms with E-state index >= 15 is 0 Å². The average molecular weight is 394 g/mol. The Kier molecular flexibility index (Phi) is 6.02. The van der Waals surface area contributed by atoms with E-state index in [4.69, 9.17) is 22.4 Å². The molecule has 0 amide bonds. The maximum atomic E-state index is 13.2. The Balaban J connectivity index is 2.36. The molecule has 1 aromatic carbocycles. The van der Waals surface area contributed by atoms with E-state index in [1.54, 1.807) is 24.3 Å². The van der Waals surface area contributed by atoms with Gasteiger partial charge in [-0.1, -0.05) is 23.7 Å². The number of nitrogens with two attached hydrogens (primary N) is 1. The molecule has 0 aliphatic rings. The summed E-state index contributed by atoms with van der Waals surface area (Å²) in [4.78, 5) is 10.9. The number of thioether (sulfide) groups is 1. The van der Waals surface area contributed by atoms with Crippen molar-refractivity contribution in [2.24, 2.45) is 12.8 Å². The maximum Gasteiger partial charge on any atom is 0.435 e. The van der Waals surface area contributed by atoms with E-state index in [1.165, 1.54) is 7.05 Å². The van der Waals surface area contributed by atoms with Gasteiger partial charge in [0.2, 0.25) is 0 Å². The van der Waals surface area contributed by atoms with Crippen LogP contribution in [0, 0.1) is 0 Å². The van der Waals surface area contributed by atoms with Gasteiger partial charge in [0.1, 0.15) is 0 Å². The topological polar surface area (TPSA) is 81.1 Å². The highest BCUT2D eigenvalue weighted by atomic mass is 35.5. The van der Waals surface area contributed by atoms with Gasteiger partial charge in [0.15, 0.2) is 5.69 Å². The van der Waals surface area contributed by atoms with E-state index in [-0.39, 0.29) is 10.6 Å². The van der Waals surface area contributed by atoms with Crippen molar-refractivity contribution in [2.45, 2.75) is 29.4 Å². The third-order valence-electron chi connectivity index (χ3n) is 3.35. The Hall–Kier alpha value is -1.71. The van der Waals surface area contributed by atoms with Crippen molar-refractivity contribution in [3.63, 3.8) is 0 Å². The summed E-state index contributed by atoms with van der Waals surface area (Å²) in [6, 6.07) is 5.56. The molecule has 2 rings (SSSR count). The summed E-state index contributed by atoms with van der Waals surface area (Å²) in [5.41, 5.74) is 5.13. The van der Waals surface area contributed by atoms with Crippen molar-refractivity contribution >= 4 is 29.3 Å². The number of halogens is 4. The number of aliphatic carboxylic acids is 1. The zero-order valence-electron chi connectivity index (χ0n) is 13.0. The van der Waals surface area contributed by atoms with Gasteiger partial charge in [0.05, 0.1) is 11.4 Å². The van der Waals surface area contributed by atoms with Crippen LogP contribution in [0.3, 0.4) is 0 Å². The van der Waals surface area contributed by atoms with Crippen molar-refractivity contribution in [3.8, 4) is 0 Å². The third-order valence-corrected chi connectivity index (χ3v) is 4.84. The van der Waals surface area contributed by atoms with E-state index in [1.807, 2.05) is 0 Å². The second-order valence-corrected chi connectivity index (χ2v) is 6.71. The van der Waals surface area contributed by atoms with Gasteiger partial charge in [-0.15, -0.1) is 11.8 Å². The number of hydrogen-bond acceptors (Lipinski definition) is 4. The molecule has 25 heavy (non-hydrogen) atoms. The number of aryl methyl sites for hydroxylation is 1. The predicted molar refractivity (Wildman–Crippen MR) is 88.4 cm³/mol. The molecule has 0 aliphatic carbocycles. The first-order valence-corrected chi connectivity index (χ1v) is 8.44. The van der Waals surface area contributed by atoms with Gasteiger partial charge in [-0.05, 0) is 17.7 Å². The molecule has 0 spiro atoms. The summed E-state index contributed by atoms with van der Waals surface area (Å²) in [6.07, 6.45) is -5.34. The number of alkyl halides is 3. The Bertz CT molecular complexity index is 763. The van der Waals surface area contributed by atoms with E-state index in [9.17, 15) is 18.0 Å². The minimum atomic E-state index is -4.72. The smallest absolute Gasteiger partial charge is 0.435 e. The second kappa shape index (κ2) is 7.67. The quantitative estimate of drug-likeness (QED) is 0.728. The molecule has 0 radical (unpaired) electrons. The number of benzene rings is 1. The fourth-order valence-electron chi connectivity index (χ4n) is 2.26. The Morgan fingerprint density at radius 2 is 2.00 bits per heavy atom. The van der Waals surface area contributed by atoms with Gasteiger partial charge in [-0.2, -0.15) is 18.3 Å². The molecule has 10 heteroatoms. The molecule has 1 atom stereocenters. The minimum Gasteiger partial charge on any atom is -0.481 e. The molecule has 0 bridgehead atoms. The largest absolute Gasteiger partial charge is 0.481 e. The zero-order chi connectivity index (χ0) is 18.8.